The number of pyridine rings is 1. The van der Waals surface area contributed by atoms with E-state index >= 15 is 0 Å². The second kappa shape index (κ2) is 10.5. The Bertz CT molecular complexity index is 1180. The molecule has 2 N–H and O–H groups in total. The van der Waals surface area contributed by atoms with E-state index in [1.165, 1.54) is 12.1 Å². The summed E-state index contributed by atoms with van der Waals surface area (Å²) < 4.78 is 0. The van der Waals surface area contributed by atoms with Crippen molar-refractivity contribution in [1.82, 2.24) is 15.2 Å². The van der Waals surface area contributed by atoms with Gasteiger partial charge in [0.25, 0.3) is 5.91 Å². The summed E-state index contributed by atoms with van der Waals surface area (Å²) in [4.78, 5) is 34.2. The zero-order valence-electron chi connectivity index (χ0n) is 20.0. The van der Waals surface area contributed by atoms with Crippen molar-refractivity contribution < 1.29 is 14.7 Å². The molecule has 2 aliphatic rings. The Hall–Kier alpha value is -3.41. The first kappa shape index (κ1) is 23.3. The number of carbonyl (C=O) groups excluding carboxylic acids is 2. The minimum absolute atomic E-state index is 0.0195. The van der Waals surface area contributed by atoms with Crippen molar-refractivity contribution in [2.45, 2.75) is 75.9 Å². The van der Waals surface area contributed by atoms with Crippen LogP contribution in [-0.4, -0.2) is 38.9 Å². The van der Waals surface area contributed by atoms with Crippen molar-refractivity contribution in [3.05, 3.63) is 71.9 Å². The molecular formula is C29H33N3O3. The van der Waals surface area contributed by atoms with Crippen LogP contribution in [0.4, 0.5) is 0 Å². The second-order valence-electron chi connectivity index (χ2n) is 9.90. The van der Waals surface area contributed by atoms with E-state index in [-0.39, 0.29) is 29.6 Å². The van der Waals surface area contributed by atoms with Gasteiger partial charge in [-0.1, -0.05) is 44.2 Å². The van der Waals surface area contributed by atoms with Gasteiger partial charge in [-0.15, -0.1) is 0 Å². The van der Waals surface area contributed by atoms with E-state index in [9.17, 15) is 14.7 Å². The number of fused-ring (bicyclic) bond motifs is 1. The molecule has 6 heteroatoms. The molecule has 2 aromatic carbocycles. The summed E-state index contributed by atoms with van der Waals surface area (Å²) >= 11 is 0. The summed E-state index contributed by atoms with van der Waals surface area (Å²) in [7, 11) is 0. The normalized spacial score (nSPS) is 17.8. The van der Waals surface area contributed by atoms with Gasteiger partial charge in [0.05, 0.1) is 5.52 Å². The maximum Gasteiger partial charge on any atom is 0.255 e. The monoisotopic (exact) mass is 471 g/mol. The zero-order valence-corrected chi connectivity index (χ0v) is 20.0. The lowest BCUT2D eigenvalue weighted by Crippen LogP contribution is -2.50. The van der Waals surface area contributed by atoms with Gasteiger partial charge >= 0.3 is 0 Å². The number of aromatic hydroxyl groups is 1. The van der Waals surface area contributed by atoms with Gasteiger partial charge in [-0.3, -0.25) is 14.6 Å². The highest BCUT2D eigenvalue weighted by atomic mass is 16.3. The number of aromatic nitrogens is 1. The molecule has 2 fully saturated rings. The van der Waals surface area contributed by atoms with Crippen molar-refractivity contribution in [2.24, 2.45) is 0 Å². The lowest BCUT2D eigenvalue weighted by molar-refractivity contribution is -0.127. The predicted molar refractivity (Wildman–Crippen MR) is 136 cm³/mol. The molecule has 2 amide bonds. The van der Waals surface area contributed by atoms with Crippen molar-refractivity contribution in [3.8, 4) is 5.75 Å². The Kier molecular flexibility index (Phi) is 6.98. The van der Waals surface area contributed by atoms with Crippen LogP contribution in [0.3, 0.4) is 0 Å². The third-order valence-electron chi connectivity index (χ3n) is 7.49. The van der Waals surface area contributed by atoms with Crippen LogP contribution in [0.2, 0.25) is 0 Å². The Labute approximate surface area is 206 Å². The highest BCUT2D eigenvalue weighted by Crippen LogP contribution is 2.34. The van der Waals surface area contributed by atoms with E-state index in [4.69, 9.17) is 0 Å². The Morgan fingerprint density at radius 2 is 1.63 bits per heavy atom. The molecular weight excluding hydrogens is 438 g/mol. The van der Waals surface area contributed by atoms with Crippen LogP contribution >= 0.6 is 0 Å². The van der Waals surface area contributed by atoms with E-state index in [2.05, 4.69) is 10.3 Å². The minimum Gasteiger partial charge on any atom is -0.508 e. The summed E-state index contributed by atoms with van der Waals surface area (Å²) in [6.45, 7) is 0. The van der Waals surface area contributed by atoms with Crippen molar-refractivity contribution in [1.29, 1.82) is 0 Å². The topological polar surface area (TPSA) is 82.5 Å². The Morgan fingerprint density at radius 1 is 0.914 bits per heavy atom. The highest BCUT2D eigenvalue weighted by molar-refractivity contribution is 5.98. The van der Waals surface area contributed by atoms with Crippen molar-refractivity contribution in [3.63, 3.8) is 0 Å². The van der Waals surface area contributed by atoms with Gasteiger partial charge in [-0.2, -0.15) is 0 Å². The number of nitrogens with one attached hydrogen (secondary N) is 1. The van der Waals surface area contributed by atoms with E-state index < -0.39 is 6.04 Å². The van der Waals surface area contributed by atoms with E-state index in [0.717, 1.165) is 74.3 Å². The van der Waals surface area contributed by atoms with Gasteiger partial charge in [-0.25, -0.2) is 0 Å². The van der Waals surface area contributed by atoms with Crippen LogP contribution in [0.15, 0.2) is 60.8 Å². The zero-order chi connectivity index (χ0) is 24.2. The minimum atomic E-state index is -0.732. The number of nitrogens with zero attached hydrogens (tertiary/aromatic N) is 2. The first-order chi connectivity index (χ1) is 17.1. The maximum absolute atomic E-state index is 14.0. The van der Waals surface area contributed by atoms with Gasteiger partial charge in [0.2, 0.25) is 5.91 Å². The van der Waals surface area contributed by atoms with Crippen LogP contribution in [0.5, 0.6) is 5.75 Å². The average Bonchev–Trinajstić information content (AvgIpc) is 3.40. The van der Waals surface area contributed by atoms with Crippen LogP contribution in [-0.2, 0) is 4.79 Å². The van der Waals surface area contributed by atoms with Crippen LogP contribution in [0.1, 0.15) is 79.8 Å². The van der Waals surface area contributed by atoms with E-state index in [0.29, 0.717) is 5.56 Å². The highest BCUT2D eigenvalue weighted by Gasteiger charge is 2.38. The second-order valence-corrected chi connectivity index (χ2v) is 9.90. The molecule has 0 radical (unpaired) electrons. The summed E-state index contributed by atoms with van der Waals surface area (Å²) in [6, 6.07) is 15.5. The average molecular weight is 472 g/mol. The molecule has 0 aliphatic heterocycles. The SMILES string of the molecule is O=C(NC1CCCC1)[C@H](c1ccc2ncccc2c1)N(C(=O)c1ccc(O)cc1)C1CCCCC1. The van der Waals surface area contributed by atoms with Gasteiger partial charge < -0.3 is 15.3 Å². The van der Waals surface area contributed by atoms with Crippen molar-refractivity contribution >= 4 is 22.7 Å². The number of hydrogen-bond donors (Lipinski definition) is 2. The number of carbonyl (C=O) groups is 2. The molecule has 1 atom stereocenters. The molecule has 2 aliphatic carbocycles. The van der Waals surface area contributed by atoms with Crippen LogP contribution in [0, 0.1) is 0 Å². The van der Waals surface area contributed by atoms with Crippen molar-refractivity contribution in [2.75, 3.05) is 0 Å². The Morgan fingerprint density at radius 3 is 2.37 bits per heavy atom. The molecule has 3 aromatic rings. The molecule has 0 unspecified atom stereocenters. The number of amides is 2. The summed E-state index contributed by atoms with van der Waals surface area (Å²) in [6.07, 6.45) is 11.0. The first-order valence-electron chi connectivity index (χ1n) is 12.9. The molecule has 5 rings (SSSR count). The maximum atomic E-state index is 14.0. The fourth-order valence-corrected chi connectivity index (χ4v) is 5.66. The number of phenols is 1. The van der Waals surface area contributed by atoms with Gasteiger partial charge in [0.15, 0.2) is 0 Å². The fraction of sp³-hybridized carbons (Fsp3) is 0.414. The van der Waals surface area contributed by atoms with Crippen LogP contribution in [0.25, 0.3) is 10.9 Å². The molecule has 2 saturated carbocycles. The lowest BCUT2D eigenvalue weighted by Gasteiger charge is -2.40. The predicted octanol–water partition coefficient (Wildman–Crippen LogP) is 5.52. The van der Waals surface area contributed by atoms with Gasteiger partial charge in [0, 0.05) is 29.2 Å². The third-order valence-corrected chi connectivity index (χ3v) is 7.49. The fourth-order valence-electron chi connectivity index (χ4n) is 5.66. The number of rotatable bonds is 6. The number of phenolic OH excluding ortho intramolecular Hbond substituents is 1. The molecule has 35 heavy (non-hydrogen) atoms. The Balaban J connectivity index is 1.59. The molecule has 0 spiro atoms. The number of benzene rings is 2. The van der Waals surface area contributed by atoms with Crippen LogP contribution < -0.4 is 5.32 Å². The lowest BCUT2D eigenvalue weighted by atomic mass is 9.90. The quantitative estimate of drug-likeness (QED) is 0.496. The smallest absolute Gasteiger partial charge is 0.255 e. The molecule has 1 aromatic heterocycles. The van der Waals surface area contributed by atoms with Gasteiger partial charge in [-0.05, 0) is 73.7 Å². The summed E-state index contributed by atoms with van der Waals surface area (Å²) in [5.74, 6) is -0.170. The van der Waals surface area contributed by atoms with Gasteiger partial charge in [0.1, 0.15) is 11.8 Å². The number of hydrogen-bond acceptors (Lipinski definition) is 4. The van der Waals surface area contributed by atoms with E-state index in [1.54, 1.807) is 18.3 Å². The standard InChI is InChI=1S/C29H33N3O3/c33-25-15-12-20(13-16-25)29(35)32(24-10-2-1-3-11-24)27(28(34)31-23-8-4-5-9-23)22-14-17-26-21(19-22)7-6-18-30-26/h6-7,12-19,23-24,27,33H,1-5,8-11H2,(H,31,34)/t27-/m0/s1. The molecule has 0 bridgehead atoms. The molecule has 6 nitrogen and oxygen atoms in total. The van der Waals surface area contributed by atoms with E-state index in [1.807, 2.05) is 35.2 Å². The first-order valence-corrected chi connectivity index (χ1v) is 12.9. The largest absolute Gasteiger partial charge is 0.508 e. The molecule has 0 saturated heterocycles. The summed E-state index contributed by atoms with van der Waals surface area (Å²) in [5, 5.41) is 14.0. The third kappa shape index (κ3) is 5.16. The molecule has 1 heterocycles. The summed E-state index contributed by atoms with van der Waals surface area (Å²) in [5.41, 5.74) is 2.15. The molecule has 182 valence electrons.